The van der Waals surface area contributed by atoms with E-state index in [1.54, 1.807) is 49.4 Å². The van der Waals surface area contributed by atoms with Crippen molar-refractivity contribution in [3.05, 3.63) is 100 Å². The summed E-state index contributed by atoms with van der Waals surface area (Å²) in [6.07, 6.45) is 0. The third kappa shape index (κ3) is 4.70. The van der Waals surface area contributed by atoms with E-state index in [9.17, 15) is 14.7 Å². The molecule has 3 heterocycles. The maximum Gasteiger partial charge on any atom is 0.301 e. The smallest absolute Gasteiger partial charge is 0.301 e. The Morgan fingerprint density at radius 2 is 1.74 bits per heavy atom. The average Bonchev–Trinajstić information content (AvgIpc) is 3.51. The van der Waals surface area contributed by atoms with Crippen LogP contribution in [0.1, 0.15) is 27.7 Å². The predicted molar refractivity (Wildman–Crippen MR) is 144 cm³/mol. The Morgan fingerprint density at radius 1 is 1.00 bits per heavy atom. The molecule has 3 aromatic carbocycles. The Balaban J connectivity index is 1.39. The van der Waals surface area contributed by atoms with Gasteiger partial charge in [-0.05, 0) is 48.4 Å². The largest absolute Gasteiger partial charge is 0.507 e. The Kier molecular flexibility index (Phi) is 6.45. The van der Waals surface area contributed by atoms with Crippen LogP contribution in [0.4, 0.5) is 5.13 Å². The molecule has 10 heteroatoms. The number of Topliss-reactive ketones (excluding diaryl/α,β-unsaturated/α-hetero) is 1. The molecule has 0 radical (unpaired) electrons. The van der Waals surface area contributed by atoms with Crippen LogP contribution in [-0.4, -0.2) is 40.2 Å². The number of aliphatic hydroxyl groups is 1. The summed E-state index contributed by atoms with van der Waals surface area (Å²) in [4.78, 5) is 28.0. The molecule has 39 heavy (non-hydrogen) atoms. The predicted octanol–water partition coefficient (Wildman–Crippen LogP) is 4.82. The van der Waals surface area contributed by atoms with Crippen molar-refractivity contribution in [2.75, 3.05) is 18.1 Å². The molecule has 1 aromatic heterocycles. The van der Waals surface area contributed by atoms with Crippen molar-refractivity contribution in [1.82, 2.24) is 10.2 Å². The maximum atomic E-state index is 13.4. The molecule has 1 unspecified atom stereocenters. The van der Waals surface area contributed by atoms with Crippen LogP contribution in [-0.2, 0) is 16.2 Å². The first kappa shape index (κ1) is 24.6. The number of ketones is 1. The van der Waals surface area contributed by atoms with E-state index in [1.807, 2.05) is 30.3 Å². The summed E-state index contributed by atoms with van der Waals surface area (Å²) in [6.45, 7) is 2.96. The van der Waals surface area contributed by atoms with Gasteiger partial charge in [0, 0.05) is 5.56 Å². The van der Waals surface area contributed by atoms with E-state index in [0.717, 1.165) is 5.56 Å². The van der Waals surface area contributed by atoms with E-state index in [0.29, 0.717) is 53.2 Å². The first-order valence-corrected chi connectivity index (χ1v) is 13.1. The van der Waals surface area contributed by atoms with E-state index in [1.165, 1.54) is 16.2 Å². The third-order valence-corrected chi connectivity index (χ3v) is 7.26. The lowest BCUT2D eigenvalue weighted by atomic mass is 9.95. The number of hydrogen-bond acceptors (Lipinski definition) is 9. The fourth-order valence-corrected chi connectivity index (χ4v) is 5.28. The fourth-order valence-electron chi connectivity index (χ4n) is 4.56. The van der Waals surface area contributed by atoms with Gasteiger partial charge >= 0.3 is 5.91 Å². The number of carbonyl (C=O) groups is 2. The van der Waals surface area contributed by atoms with E-state index >= 15 is 0 Å². The topological polar surface area (TPSA) is 111 Å². The zero-order chi connectivity index (χ0) is 26.9. The summed E-state index contributed by atoms with van der Waals surface area (Å²) in [6, 6.07) is 20.9. The van der Waals surface area contributed by atoms with Gasteiger partial charge < -0.3 is 19.3 Å². The van der Waals surface area contributed by atoms with Crippen LogP contribution in [0.15, 0.2) is 78.4 Å². The van der Waals surface area contributed by atoms with E-state index in [4.69, 9.17) is 14.2 Å². The Bertz CT molecular complexity index is 1580. The second kappa shape index (κ2) is 10.2. The molecular formula is C29H23N3O6S. The highest BCUT2D eigenvalue weighted by Gasteiger charge is 2.48. The summed E-state index contributed by atoms with van der Waals surface area (Å²) in [5.41, 5.74) is 1.91. The highest BCUT2D eigenvalue weighted by Crippen LogP contribution is 2.44. The summed E-state index contributed by atoms with van der Waals surface area (Å²) in [5, 5.41) is 20.5. The van der Waals surface area contributed by atoms with Gasteiger partial charge in [0.1, 0.15) is 36.3 Å². The van der Waals surface area contributed by atoms with Crippen LogP contribution >= 0.6 is 11.3 Å². The van der Waals surface area contributed by atoms with Gasteiger partial charge in [-0.15, -0.1) is 10.2 Å². The minimum absolute atomic E-state index is 0.0533. The highest BCUT2D eigenvalue weighted by molar-refractivity contribution is 7.15. The molecule has 1 fully saturated rings. The normalized spacial score (nSPS) is 17.9. The molecule has 1 saturated heterocycles. The van der Waals surface area contributed by atoms with Crippen molar-refractivity contribution in [2.24, 2.45) is 0 Å². The van der Waals surface area contributed by atoms with Gasteiger partial charge in [0.25, 0.3) is 5.78 Å². The molecule has 1 atom stereocenters. The van der Waals surface area contributed by atoms with Crippen LogP contribution in [0.5, 0.6) is 17.2 Å². The molecule has 9 nitrogen and oxygen atoms in total. The molecule has 4 aromatic rings. The molecule has 0 aliphatic carbocycles. The number of anilines is 1. The van der Waals surface area contributed by atoms with Crippen LogP contribution in [0.3, 0.4) is 0 Å². The molecule has 196 valence electrons. The molecular weight excluding hydrogens is 518 g/mol. The van der Waals surface area contributed by atoms with Crippen LogP contribution in [0.2, 0.25) is 0 Å². The number of ether oxygens (including phenoxy) is 3. The van der Waals surface area contributed by atoms with Crippen molar-refractivity contribution in [3.8, 4) is 17.2 Å². The van der Waals surface area contributed by atoms with E-state index < -0.39 is 17.7 Å². The second-order valence-corrected chi connectivity index (χ2v) is 10.1. The van der Waals surface area contributed by atoms with Gasteiger partial charge in [-0.25, -0.2) is 0 Å². The minimum atomic E-state index is -0.922. The molecule has 0 bridgehead atoms. The Morgan fingerprint density at radius 3 is 2.46 bits per heavy atom. The average molecular weight is 542 g/mol. The molecule has 0 spiro atoms. The monoisotopic (exact) mass is 541 g/mol. The quantitative estimate of drug-likeness (QED) is 0.210. The first-order valence-electron chi connectivity index (χ1n) is 12.3. The second-order valence-electron chi connectivity index (χ2n) is 8.97. The molecule has 1 amide bonds. The van der Waals surface area contributed by atoms with E-state index in [-0.39, 0.29) is 16.5 Å². The lowest BCUT2D eigenvalue weighted by molar-refractivity contribution is -0.132. The summed E-state index contributed by atoms with van der Waals surface area (Å²) >= 11 is 1.19. The molecule has 2 aliphatic rings. The number of aliphatic hydroxyl groups excluding tert-OH is 1. The van der Waals surface area contributed by atoms with Crippen molar-refractivity contribution >= 4 is 33.9 Å². The van der Waals surface area contributed by atoms with Gasteiger partial charge in [-0.1, -0.05) is 53.8 Å². The zero-order valence-electron chi connectivity index (χ0n) is 20.9. The molecule has 2 aliphatic heterocycles. The number of hydrogen-bond donors (Lipinski definition) is 1. The van der Waals surface area contributed by atoms with Gasteiger partial charge in [-0.2, -0.15) is 0 Å². The summed E-state index contributed by atoms with van der Waals surface area (Å²) in [7, 11) is 0. The zero-order valence-corrected chi connectivity index (χ0v) is 21.7. The number of fused-ring (bicyclic) bond motifs is 1. The van der Waals surface area contributed by atoms with Crippen LogP contribution in [0.25, 0.3) is 5.76 Å². The highest BCUT2D eigenvalue weighted by atomic mass is 32.1. The fraction of sp³-hybridized carbons (Fsp3) is 0.172. The number of carbonyl (C=O) groups excluding carboxylic acids is 2. The van der Waals surface area contributed by atoms with E-state index in [2.05, 4.69) is 10.2 Å². The first-order chi connectivity index (χ1) is 19.0. The van der Waals surface area contributed by atoms with Gasteiger partial charge in [0.15, 0.2) is 11.5 Å². The van der Waals surface area contributed by atoms with Crippen LogP contribution < -0.4 is 19.1 Å². The molecule has 0 saturated carbocycles. The van der Waals surface area contributed by atoms with Gasteiger partial charge in [0.2, 0.25) is 5.13 Å². The number of benzene rings is 3. The summed E-state index contributed by atoms with van der Waals surface area (Å²) in [5.74, 6) is -0.299. The third-order valence-electron chi connectivity index (χ3n) is 6.43. The Labute approximate surface area is 227 Å². The SMILES string of the molecule is Cc1nnc(N2C(=O)C(=O)/C(=C(\O)c3ccc4c(c3)OCCO4)C2c2ccc(OCc3ccccc3)cc2)s1. The van der Waals surface area contributed by atoms with Crippen molar-refractivity contribution in [2.45, 2.75) is 19.6 Å². The maximum absolute atomic E-state index is 13.4. The Hall–Kier alpha value is -4.70. The summed E-state index contributed by atoms with van der Waals surface area (Å²) < 4.78 is 17.1. The minimum Gasteiger partial charge on any atom is -0.507 e. The van der Waals surface area contributed by atoms with Crippen molar-refractivity contribution in [3.63, 3.8) is 0 Å². The number of aryl methyl sites for hydroxylation is 1. The lowest BCUT2D eigenvalue weighted by Crippen LogP contribution is -2.29. The standard InChI is InChI=1S/C29H23N3O6S/c1-17-30-31-29(39-17)32-25(19-7-10-21(11-8-19)38-16-18-5-3-2-4-6-18)24(27(34)28(32)35)26(33)20-9-12-22-23(15-20)37-14-13-36-22/h2-12,15,25,33H,13-14,16H2,1H3/b26-24-. The lowest BCUT2D eigenvalue weighted by Gasteiger charge is -2.23. The number of rotatable bonds is 6. The molecule has 1 N–H and O–H groups in total. The van der Waals surface area contributed by atoms with Crippen molar-refractivity contribution in [1.29, 1.82) is 0 Å². The number of aromatic nitrogens is 2. The molecule has 6 rings (SSSR count). The van der Waals surface area contributed by atoms with Gasteiger partial charge in [-0.3, -0.25) is 14.5 Å². The number of amides is 1. The van der Waals surface area contributed by atoms with Gasteiger partial charge in [0.05, 0.1) is 11.6 Å². The van der Waals surface area contributed by atoms with Crippen molar-refractivity contribution < 1.29 is 28.9 Å². The number of nitrogens with zero attached hydrogens (tertiary/aromatic N) is 3. The van der Waals surface area contributed by atoms with Crippen LogP contribution in [0, 0.1) is 6.92 Å².